The zero-order chi connectivity index (χ0) is 19.5. The minimum Gasteiger partial charge on any atom is -0.497 e. The van der Waals surface area contributed by atoms with E-state index in [4.69, 9.17) is 9.47 Å². The number of unbranched alkanes of at least 4 members (excludes halogenated alkanes) is 3. The van der Waals surface area contributed by atoms with E-state index in [9.17, 15) is 4.79 Å². The molecule has 0 aliphatic heterocycles. The predicted octanol–water partition coefficient (Wildman–Crippen LogP) is 6.45. The SMILES string of the molecule is CCCCCCC(C=O)(Sc1ccc(OC)cc1)Sc1ccc(OC)cc1. The lowest BCUT2D eigenvalue weighted by atomic mass is 10.1. The number of aldehydes is 1. The van der Waals surface area contributed by atoms with Crippen LogP contribution in [0, 0.1) is 0 Å². The Morgan fingerprint density at radius 2 is 1.30 bits per heavy atom. The van der Waals surface area contributed by atoms with Crippen LogP contribution in [0.25, 0.3) is 0 Å². The molecule has 2 rings (SSSR count). The first-order chi connectivity index (χ1) is 13.1. The highest BCUT2D eigenvalue weighted by molar-refractivity contribution is 8.19. The van der Waals surface area contributed by atoms with Crippen molar-refractivity contribution < 1.29 is 14.3 Å². The molecule has 2 aromatic carbocycles. The minimum atomic E-state index is -0.545. The standard InChI is InChI=1S/C22H28O3S2/c1-4-5-6-7-16-22(17-23,26-20-12-8-18(24-2)9-13-20)27-21-14-10-19(25-3)11-15-21/h8-15,17H,4-7,16H2,1-3H3. The van der Waals surface area contributed by atoms with Crippen molar-refractivity contribution in [3.63, 3.8) is 0 Å². The zero-order valence-corrected chi connectivity index (χ0v) is 17.9. The summed E-state index contributed by atoms with van der Waals surface area (Å²) in [6, 6.07) is 15.8. The van der Waals surface area contributed by atoms with E-state index in [-0.39, 0.29) is 0 Å². The fourth-order valence-corrected chi connectivity index (χ4v) is 5.39. The summed E-state index contributed by atoms with van der Waals surface area (Å²) in [6.07, 6.45) is 6.53. The molecule has 146 valence electrons. The van der Waals surface area contributed by atoms with Crippen LogP contribution >= 0.6 is 23.5 Å². The van der Waals surface area contributed by atoms with Crippen molar-refractivity contribution in [2.75, 3.05) is 14.2 Å². The van der Waals surface area contributed by atoms with Crippen molar-refractivity contribution in [3.05, 3.63) is 48.5 Å². The summed E-state index contributed by atoms with van der Waals surface area (Å²) in [5.74, 6) is 1.64. The van der Waals surface area contributed by atoms with Crippen LogP contribution in [0.5, 0.6) is 11.5 Å². The maximum Gasteiger partial charge on any atom is 0.146 e. The number of benzene rings is 2. The molecule has 0 bridgehead atoms. The van der Waals surface area contributed by atoms with Gasteiger partial charge in [-0.15, -0.1) is 23.5 Å². The molecule has 0 heterocycles. The Morgan fingerprint density at radius 3 is 1.67 bits per heavy atom. The van der Waals surface area contributed by atoms with Crippen molar-refractivity contribution in [3.8, 4) is 11.5 Å². The first kappa shape index (κ1) is 21.7. The van der Waals surface area contributed by atoms with Gasteiger partial charge in [0.15, 0.2) is 0 Å². The van der Waals surface area contributed by atoms with E-state index in [0.29, 0.717) is 0 Å². The number of carbonyl (C=O) groups is 1. The zero-order valence-electron chi connectivity index (χ0n) is 16.3. The van der Waals surface area contributed by atoms with Crippen LogP contribution in [0.15, 0.2) is 58.3 Å². The van der Waals surface area contributed by atoms with Crippen molar-refractivity contribution in [2.24, 2.45) is 0 Å². The first-order valence-corrected chi connectivity index (χ1v) is 10.9. The molecule has 0 aliphatic rings. The third-order valence-corrected chi connectivity index (χ3v) is 7.07. The molecule has 0 aromatic heterocycles. The molecule has 0 radical (unpaired) electrons. The van der Waals surface area contributed by atoms with Crippen LogP contribution in [0.1, 0.15) is 39.0 Å². The van der Waals surface area contributed by atoms with E-state index >= 15 is 0 Å². The highest BCUT2D eigenvalue weighted by atomic mass is 32.2. The predicted molar refractivity (Wildman–Crippen MR) is 115 cm³/mol. The second-order valence-corrected chi connectivity index (χ2v) is 9.36. The van der Waals surface area contributed by atoms with Gasteiger partial charge in [0.25, 0.3) is 0 Å². The molecular formula is C22H28O3S2. The van der Waals surface area contributed by atoms with Gasteiger partial charge in [0.2, 0.25) is 0 Å². The summed E-state index contributed by atoms with van der Waals surface area (Å²) >= 11 is 3.25. The quantitative estimate of drug-likeness (QED) is 0.176. The maximum atomic E-state index is 12.3. The fourth-order valence-electron chi connectivity index (χ4n) is 2.71. The van der Waals surface area contributed by atoms with Gasteiger partial charge in [0.05, 0.1) is 14.2 Å². The Hall–Kier alpha value is -1.59. The second kappa shape index (κ2) is 11.3. The molecule has 0 saturated carbocycles. The molecule has 0 spiro atoms. The lowest BCUT2D eigenvalue weighted by molar-refractivity contribution is -0.108. The smallest absolute Gasteiger partial charge is 0.146 e. The van der Waals surface area contributed by atoms with Gasteiger partial charge in [0, 0.05) is 9.79 Å². The Labute approximate surface area is 171 Å². The average molecular weight is 405 g/mol. The summed E-state index contributed by atoms with van der Waals surface area (Å²) in [4.78, 5) is 14.4. The van der Waals surface area contributed by atoms with Crippen molar-refractivity contribution in [2.45, 2.75) is 52.9 Å². The minimum absolute atomic E-state index is 0.545. The Kier molecular flexibility index (Phi) is 9.08. The van der Waals surface area contributed by atoms with Crippen molar-refractivity contribution in [1.29, 1.82) is 0 Å². The van der Waals surface area contributed by atoms with E-state index in [1.165, 1.54) is 12.8 Å². The van der Waals surface area contributed by atoms with Gasteiger partial charge in [-0.3, -0.25) is 0 Å². The third kappa shape index (κ3) is 6.82. The van der Waals surface area contributed by atoms with Gasteiger partial charge in [-0.05, 0) is 55.0 Å². The fraction of sp³-hybridized carbons (Fsp3) is 0.409. The van der Waals surface area contributed by atoms with E-state index < -0.39 is 4.08 Å². The van der Waals surface area contributed by atoms with Crippen LogP contribution in [-0.4, -0.2) is 24.6 Å². The van der Waals surface area contributed by atoms with Gasteiger partial charge in [-0.25, -0.2) is 0 Å². The number of ether oxygens (including phenoxy) is 2. The maximum absolute atomic E-state index is 12.3. The molecule has 0 atom stereocenters. The van der Waals surface area contributed by atoms with E-state index in [2.05, 4.69) is 6.92 Å². The largest absolute Gasteiger partial charge is 0.497 e. The van der Waals surface area contributed by atoms with E-state index in [1.54, 1.807) is 37.7 Å². The summed E-state index contributed by atoms with van der Waals surface area (Å²) in [7, 11) is 3.32. The van der Waals surface area contributed by atoms with E-state index in [1.807, 2.05) is 48.5 Å². The van der Waals surface area contributed by atoms with Gasteiger partial charge in [-0.1, -0.05) is 32.6 Å². The van der Waals surface area contributed by atoms with E-state index in [0.717, 1.165) is 46.8 Å². The average Bonchev–Trinajstić information content (AvgIpc) is 2.72. The molecule has 0 amide bonds. The number of carbonyl (C=O) groups excluding carboxylic acids is 1. The summed E-state index contributed by atoms with van der Waals surface area (Å²) in [6.45, 7) is 2.20. The highest BCUT2D eigenvalue weighted by Crippen LogP contribution is 2.48. The Balaban J connectivity index is 2.19. The second-order valence-electron chi connectivity index (χ2n) is 6.30. The molecule has 0 fully saturated rings. The number of hydrogen-bond donors (Lipinski definition) is 0. The van der Waals surface area contributed by atoms with Gasteiger partial charge in [0.1, 0.15) is 21.9 Å². The summed E-state index contributed by atoms with van der Waals surface area (Å²) in [5.41, 5.74) is 0. The molecule has 2 aromatic rings. The number of rotatable bonds is 12. The third-order valence-electron chi connectivity index (χ3n) is 4.26. The lowest BCUT2D eigenvalue weighted by Crippen LogP contribution is -2.22. The van der Waals surface area contributed by atoms with Crippen molar-refractivity contribution >= 4 is 29.8 Å². The lowest BCUT2D eigenvalue weighted by Gasteiger charge is -2.27. The van der Waals surface area contributed by atoms with Crippen LogP contribution < -0.4 is 9.47 Å². The van der Waals surface area contributed by atoms with Gasteiger partial charge < -0.3 is 14.3 Å². The Morgan fingerprint density at radius 1 is 0.815 bits per heavy atom. The molecule has 3 nitrogen and oxygen atoms in total. The first-order valence-electron chi connectivity index (χ1n) is 9.27. The number of hydrogen-bond acceptors (Lipinski definition) is 5. The van der Waals surface area contributed by atoms with Gasteiger partial charge in [-0.2, -0.15) is 0 Å². The summed E-state index contributed by atoms with van der Waals surface area (Å²) in [5, 5.41) is 0. The number of methoxy groups -OCH3 is 2. The van der Waals surface area contributed by atoms with Gasteiger partial charge >= 0.3 is 0 Å². The van der Waals surface area contributed by atoms with Crippen molar-refractivity contribution in [1.82, 2.24) is 0 Å². The molecule has 0 saturated heterocycles. The molecule has 5 heteroatoms. The Bertz CT molecular complexity index is 634. The molecule has 0 unspecified atom stereocenters. The number of thioether (sulfide) groups is 2. The molecule has 0 aliphatic carbocycles. The molecule has 0 N–H and O–H groups in total. The summed E-state index contributed by atoms with van der Waals surface area (Å²) < 4.78 is 9.93. The monoisotopic (exact) mass is 404 g/mol. The molecule has 27 heavy (non-hydrogen) atoms. The highest BCUT2D eigenvalue weighted by Gasteiger charge is 2.32. The van der Waals surface area contributed by atoms with Crippen LogP contribution in [0.3, 0.4) is 0 Å². The molecular weight excluding hydrogens is 376 g/mol. The van der Waals surface area contributed by atoms with Crippen LogP contribution in [0.4, 0.5) is 0 Å². The van der Waals surface area contributed by atoms with Crippen LogP contribution in [0.2, 0.25) is 0 Å². The normalized spacial score (nSPS) is 11.2. The topological polar surface area (TPSA) is 35.5 Å². The van der Waals surface area contributed by atoms with Crippen LogP contribution in [-0.2, 0) is 4.79 Å².